The van der Waals surface area contributed by atoms with Crippen molar-refractivity contribution in [2.24, 2.45) is 0 Å². The van der Waals surface area contributed by atoms with Crippen LogP contribution in [0.25, 0.3) is 0 Å². The van der Waals surface area contributed by atoms with Gasteiger partial charge in [0, 0.05) is 10.9 Å². The highest BCUT2D eigenvalue weighted by atomic mass is 79.9. The van der Waals surface area contributed by atoms with Crippen LogP contribution in [0.15, 0.2) is 22.7 Å². The van der Waals surface area contributed by atoms with Crippen LogP contribution in [0.1, 0.15) is 56.6 Å². The summed E-state index contributed by atoms with van der Waals surface area (Å²) in [5, 5.41) is 9.93. The summed E-state index contributed by atoms with van der Waals surface area (Å²) in [6.45, 7) is 4.48. The highest BCUT2D eigenvalue weighted by molar-refractivity contribution is 9.10. The van der Waals surface area contributed by atoms with Crippen LogP contribution in [-0.4, -0.2) is 10.7 Å². The topological polar surface area (TPSA) is 20.2 Å². The maximum absolute atomic E-state index is 9.93. The van der Waals surface area contributed by atoms with Gasteiger partial charge in [0.25, 0.3) is 0 Å². The van der Waals surface area contributed by atoms with Crippen LogP contribution in [0.4, 0.5) is 0 Å². The predicted octanol–water partition coefficient (Wildman–Crippen LogP) is 4.42. The maximum atomic E-state index is 9.93. The summed E-state index contributed by atoms with van der Waals surface area (Å²) in [5.41, 5.74) is 2.25. The molecule has 0 atom stereocenters. The molecule has 0 spiro atoms. The monoisotopic (exact) mass is 296 g/mol. The normalized spacial score (nSPS) is 17.5. The lowest BCUT2D eigenvalue weighted by Gasteiger charge is -2.16. The fraction of sp³-hybridized carbons (Fsp3) is 0.600. The molecule has 0 aromatic heterocycles. The molecule has 0 heterocycles. The summed E-state index contributed by atoms with van der Waals surface area (Å²) >= 11 is 3.68. The summed E-state index contributed by atoms with van der Waals surface area (Å²) in [6, 6.07) is 6.58. The standard InChI is InChI=1S/C15H21BrO/c1-3-12(4-2)13-6-5-11(9-14(13)16)10-15(17)7-8-15/h5-6,9,12,17H,3-4,7-8,10H2,1-2H3. The minimum Gasteiger partial charge on any atom is -0.390 e. The van der Waals surface area contributed by atoms with Crippen LogP contribution in [0.5, 0.6) is 0 Å². The van der Waals surface area contributed by atoms with Gasteiger partial charge in [-0.3, -0.25) is 0 Å². The average molecular weight is 297 g/mol. The molecule has 0 saturated heterocycles. The molecule has 17 heavy (non-hydrogen) atoms. The molecule has 0 amide bonds. The Kier molecular flexibility index (Phi) is 3.94. The molecule has 1 aliphatic rings. The zero-order chi connectivity index (χ0) is 12.5. The second-order valence-electron chi connectivity index (χ2n) is 5.27. The third kappa shape index (κ3) is 3.11. The highest BCUT2D eigenvalue weighted by Crippen LogP contribution is 2.39. The molecule has 1 aromatic rings. The van der Waals surface area contributed by atoms with E-state index in [9.17, 15) is 5.11 Å². The molecule has 2 heteroatoms. The predicted molar refractivity (Wildman–Crippen MR) is 75.4 cm³/mol. The zero-order valence-electron chi connectivity index (χ0n) is 10.7. The van der Waals surface area contributed by atoms with Gasteiger partial charge in [0.1, 0.15) is 0 Å². The number of aliphatic hydroxyl groups is 1. The lowest BCUT2D eigenvalue weighted by molar-refractivity contribution is 0.151. The number of halogens is 1. The van der Waals surface area contributed by atoms with Crippen LogP contribution in [-0.2, 0) is 6.42 Å². The van der Waals surface area contributed by atoms with Crippen LogP contribution in [0.2, 0.25) is 0 Å². The average Bonchev–Trinajstić information content (AvgIpc) is 3.00. The van der Waals surface area contributed by atoms with E-state index in [-0.39, 0.29) is 0 Å². The van der Waals surface area contributed by atoms with E-state index >= 15 is 0 Å². The molecule has 0 radical (unpaired) electrons. The minimum absolute atomic E-state index is 0.393. The molecule has 0 bridgehead atoms. The van der Waals surface area contributed by atoms with E-state index in [4.69, 9.17) is 0 Å². The number of hydrogen-bond donors (Lipinski definition) is 1. The van der Waals surface area contributed by atoms with E-state index in [0.717, 1.165) is 19.3 Å². The van der Waals surface area contributed by atoms with Crippen LogP contribution in [0, 0.1) is 0 Å². The smallest absolute Gasteiger partial charge is 0.0690 e. The number of hydrogen-bond acceptors (Lipinski definition) is 1. The second-order valence-corrected chi connectivity index (χ2v) is 6.12. The molecule has 1 fully saturated rings. The molecule has 0 aliphatic heterocycles. The first-order valence-corrected chi connectivity index (χ1v) is 7.38. The molecule has 1 N–H and O–H groups in total. The minimum atomic E-state index is -0.393. The van der Waals surface area contributed by atoms with Crippen LogP contribution >= 0.6 is 15.9 Å². The molecule has 2 rings (SSSR count). The SMILES string of the molecule is CCC(CC)c1ccc(CC2(O)CC2)cc1Br. The van der Waals surface area contributed by atoms with Crippen LogP contribution in [0.3, 0.4) is 0 Å². The van der Waals surface area contributed by atoms with E-state index in [2.05, 4.69) is 48.0 Å². The molecule has 94 valence electrons. The largest absolute Gasteiger partial charge is 0.390 e. The van der Waals surface area contributed by atoms with Gasteiger partial charge in [0.2, 0.25) is 0 Å². The first kappa shape index (κ1) is 13.1. The van der Waals surface area contributed by atoms with Crippen molar-refractivity contribution in [3.8, 4) is 0 Å². The number of rotatable bonds is 5. The van der Waals surface area contributed by atoms with Gasteiger partial charge in [0.15, 0.2) is 0 Å². The van der Waals surface area contributed by atoms with Crippen molar-refractivity contribution in [3.05, 3.63) is 33.8 Å². The lowest BCUT2D eigenvalue weighted by Crippen LogP contribution is -2.10. The Morgan fingerprint density at radius 1 is 1.29 bits per heavy atom. The Morgan fingerprint density at radius 3 is 2.41 bits per heavy atom. The molecule has 1 aliphatic carbocycles. The van der Waals surface area contributed by atoms with Gasteiger partial charge in [-0.15, -0.1) is 0 Å². The van der Waals surface area contributed by atoms with Gasteiger partial charge < -0.3 is 5.11 Å². The molecule has 1 saturated carbocycles. The van der Waals surface area contributed by atoms with E-state index < -0.39 is 5.60 Å². The van der Waals surface area contributed by atoms with E-state index in [1.807, 2.05) is 0 Å². The van der Waals surface area contributed by atoms with E-state index in [1.54, 1.807) is 0 Å². The Labute approximate surface area is 112 Å². The van der Waals surface area contributed by atoms with Crippen molar-refractivity contribution in [2.45, 2.75) is 57.5 Å². The van der Waals surface area contributed by atoms with Crippen LogP contribution < -0.4 is 0 Å². The lowest BCUT2D eigenvalue weighted by atomic mass is 9.92. The fourth-order valence-electron chi connectivity index (χ4n) is 2.44. The van der Waals surface area contributed by atoms with Crippen molar-refractivity contribution >= 4 is 15.9 Å². The highest BCUT2D eigenvalue weighted by Gasteiger charge is 2.40. The van der Waals surface area contributed by atoms with Crippen molar-refractivity contribution in [1.82, 2.24) is 0 Å². The second kappa shape index (κ2) is 5.11. The van der Waals surface area contributed by atoms with Gasteiger partial charge in [-0.25, -0.2) is 0 Å². The molecular weight excluding hydrogens is 276 g/mol. The van der Waals surface area contributed by atoms with Gasteiger partial charge in [-0.1, -0.05) is 41.9 Å². The van der Waals surface area contributed by atoms with E-state index in [1.165, 1.54) is 28.4 Å². The Hall–Kier alpha value is -0.340. The van der Waals surface area contributed by atoms with Gasteiger partial charge in [0.05, 0.1) is 5.60 Å². The van der Waals surface area contributed by atoms with Crippen molar-refractivity contribution in [3.63, 3.8) is 0 Å². The molecule has 1 nitrogen and oxygen atoms in total. The molecule has 1 aromatic carbocycles. The summed E-state index contributed by atoms with van der Waals surface area (Å²) < 4.78 is 1.20. The fourth-order valence-corrected chi connectivity index (χ4v) is 3.19. The third-order valence-corrected chi connectivity index (χ3v) is 4.54. The first-order valence-electron chi connectivity index (χ1n) is 6.58. The van der Waals surface area contributed by atoms with Crippen molar-refractivity contribution in [2.75, 3.05) is 0 Å². The Balaban J connectivity index is 2.16. The maximum Gasteiger partial charge on any atom is 0.0690 e. The number of benzene rings is 1. The quantitative estimate of drug-likeness (QED) is 0.853. The van der Waals surface area contributed by atoms with Crippen molar-refractivity contribution in [1.29, 1.82) is 0 Å². The third-order valence-electron chi connectivity index (χ3n) is 3.85. The van der Waals surface area contributed by atoms with E-state index in [0.29, 0.717) is 5.92 Å². The van der Waals surface area contributed by atoms with Gasteiger partial charge in [-0.2, -0.15) is 0 Å². The summed E-state index contributed by atoms with van der Waals surface area (Å²) in [4.78, 5) is 0. The van der Waals surface area contributed by atoms with Crippen molar-refractivity contribution < 1.29 is 5.11 Å². The summed E-state index contributed by atoms with van der Waals surface area (Å²) in [7, 11) is 0. The zero-order valence-corrected chi connectivity index (χ0v) is 12.3. The van der Waals surface area contributed by atoms with Gasteiger partial charge >= 0.3 is 0 Å². The molecular formula is C15H21BrO. The summed E-state index contributed by atoms with van der Waals surface area (Å²) in [6.07, 6.45) is 5.07. The van der Waals surface area contributed by atoms with Gasteiger partial charge in [-0.05, 0) is 48.8 Å². The summed E-state index contributed by atoms with van der Waals surface area (Å²) in [5.74, 6) is 0.641. The molecule has 0 unspecified atom stereocenters. The Bertz CT molecular complexity index is 392. The first-order chi connectivity index (χ1) is 8.08. The Morgan fingerprint density at radius 2 is 1.94 bits per heavy atom.